The zero-order valence-corrected chi connectivity index (χ0v) is 6.34. The average molecular weight is 159 g/mol. The third-order valence-corrected chi connectivity index (χ3v) is 1.93. The number of carboxylic acids is 1. The van der Waals surface area contributed by atoms with Crippen molar-refractivity contribution in [3.8, 4) is 0 Å². The molecule has 0 aromatic heterocycles. The van der Waals surface area contributed by atoms with E-state index in [1.165, 1.54) is 0 Å². The summed E-state index contributed by atoms with van der Waals surface area (Å²) in [7, 11) is 0. The number of hydrogen-bond donors (Lipinski definition) is 3. The van der Waals surface area contributed by atoms with Gasteiger partial charge in [0, 0.05) is 6.54 Å². The minimum Gasteiger partial charge on any atom is -0.481 e. The van der Waals surface area contributed by atoms with Gasteiger partial charge in [-0.05, 0) is 19.4 Å². The Hall–Kier alpha value is -0.610. The van der Waals surface area contributed by atoms with Crippen molar-refractivity contribution in [2.45, 2.75) is 24.9 Å². The van der Waals surface area contributed by atoms with Crippen LogP contribution in [0.5, 0.6) is 0 Å². The molecular weight excluding hydrogens is 146 g/mol. The normalized spacial score (nSPS) is 31.7. The molecule has 3 N–H and O–H groups in total. The van der Waals surface area contributed by atoms with E-state index in [2.05, 4.69) is 5.32 Å². The first-order valence-corrected chi connectivity index (χ1v) is 3.77. The van der Waals surface area contributed by atoms with Crippen molar-refractivity contribution in [1.82, 2.24) is 5.32 Å². The molecule has 4 heteroatoms. The van der Waals surface area contributed by atoms with E-state index >= 15 is 0 Å². The second-order valence-corrected chi connectivity index (χ2v) is 3.08. The van der Waals surface area contributed by atoms with Gasteiger partial charge in [0.05, 0.1) is 12.0 Å². The molecule has 1 heterocycles. The summed E-state index contributed by atoms with van der Waals surface area (Å²) < 4.78 is 0. The van der Waals surface area contributed by atoms with E-state index in [9.17, 15) is 9.90 Å². The summed E-state index contributed by atoms with van der Waals surface area (Å²) in [5.74, 6) is -0.934. The maximum absolute atomic E-state index is 10.3. The number of carboxylic acid groups (broad SMARTS) is 1. The topological polar surface area (TPSA) is 69.6 Å². The lowest BCUT2D eigenvalue weighted by molar-refractivity contribution is -0.143. The molecule has 1 unspecified atom stereocenters. The molecule has 1 atom stereocenters. The van der Waals surface area contributed by atoms with Crippen LogP contribution in [0, 0.1) is 0 Å². The molecule has 11 heavy (non-hydrogen) atoms. The standard InChI is InChI=1S/C7H13NO3/c9-6(10)4-7(11)2-1-3-8-5-7/h8,11H,1-5H2,(H,9,10). The average Bonchev–Trinajstić information content (AvgIpc) is 1.85. The minimum absolute atomic E-state index is 0.153. The van der Waals surface area contributed by atoms with Crippen LogP contribution in [-0.2, 0) is 4.79 Å². The number of β-amino-alcohol motifs (C(OH)–C–C–N with tert-alkyl or cyclic N) is 1. The van der Waals surface area contributed by atoms with Crippen LogP contribution < -0.4 is 5.32 Å². The number of rotatable bonds is 2. The molecule has 0 bridgehead atoms. The fourth-order valence-corrected chi connectivity index (χ4v) is 1.38. The van der Waals surface area contributed by atoms with Crippen LogP contribution in [0.25, 0.3) is 0 Å². The first-order chi connectivity index (χ1) is 5.12. The Bertz CT molecular complexity index is 152. The van der Waals surface area contributed by atoms with Crippen LogP contribution in [0.4, 0.5) is 0 Å². The molecule has 0 amide bonds. The lowest BCUT2D eigenvalue weighted by Crippen LogP contribution is -2.46. The number of piperidine rings is 1. The molecule has 0 aromatic carbocycles. The highest BCUT2D eigenvalue weighted by Gasteiger charge is 2.31. The van der Waals surface area contributed by atoms with Gasteiger partial charge in [0.2, 0.25) is 0 Å². The van der Waals surface area contributed by atoms with E-state index in [0.717, 1.165) is 13.0 Å². The molecule has 0 aromatic rings. The lowest BCUT2D eigenvalue weighted by atomic mass is 9.91. The number of carbonyl (C=O) groups is 1. The lowest BCUT2D eigenvalue weighted by Gasteiger charge is -2.30. The fraction of sp³-hybridized carbons (Fsp3) is 0.857. The number of aliphatic carboxylic acids is 1. The highest BCUT2D eigenvalue weighted by atomic mass is 16.4. The number of hydrogen-bond acceptors (Lipinski definition) is 3. The van der Waals surface area contributed by atoms with E-state index in [1.54, 1.807) is 0 Å². The Balaban J connectivity index is 2.43. The molecule has 0 saturated carbocycles. The Morgan fingerprint density at radius 1 is 1.64 bits per heavy atom. The van der Waals surface area contributed by atoms with E-state index in [1.807, 2.05) is 0 Å². The van der Waals surface area contributed by atoms with Crippen molar-refractivity contribution in [2.75, 3.05) is 13.1 Å². The molecule has 64 valence electrons. The Morgan fingerprint density at radius 2 is 2.36 bits per heavy atom. The van der Waals surface area contributed by atoms with Gasteiger partial charge in [0.25, 0.3) is 0 Å². The Labute approximate surface area is 65.2 Å². The predicted molar refractivity (Wildman–Crippen MR) is 39.3 cm³/mol. The highest BCUT2D eigenvalue weighted by molar-refractivity contribution is 5.68. The Kier molecular flexibility index (Phi) is 2.46. The van der Waals surface area contributed by atoms with Crippen LogP contribution in [0.1, 0.15) is 19.3 Å². The summed E-state index contributed by atoms with van der Waals surface area (Å²) >= 11 is 0. The van der Waals surface area contributed by atoms with Crippen LogP contribution in [0.15, 0.2) is 0 Å². The van der Waals surface area contributed by atoms with Gasteiger partial charge >= 0.3 is 5.97 Å². The quantitative estimate of drug-likeness (QED) is 0.511. The second-order valence-electron chi connectivity index (χ2n) is 3.08. The van der Waals surface area contributed by atoms with Crippen LogP contribution >= 0.6 is 0 Å². The molecule has 1 fully saturated rings. The van der Waals surface area contributed by atoms with Gasteiger partial charge in [-0.25, -0.2) is 0 Å². The van der Waals surface area contributed by atoms with E-state index in [0.29, 0.717) is 13.0 Å². The molecule has 1 rings (SSSR count). The van der Waals surface area contributed by atoms with Gasteiger partial charge in [-0.1, -0.05) is 0 Å². The summed E-state index contributed by atoms with van der Waals surface area (Å²) in [4.78, 5) is 10.3. The zero-order valence-electron chi connectivity index (χ0n) is 6.34. The van der Waals surface area contributed by atoms with Gasteiger partial charge in [-0.3, -0.25) is 4.79 Å². The third-order valence-electron chi connectivity index (χ3n) is 1.93. The van der Waals surface area contributed by atoms with Crippen LogP contribution in [0.2, 0.25) is 0 Å². The van der Waals surface area contributed by atoms with Crippen LogP contribution in [-0.4, -0.2) is 34.9 Å². The van der Waals surface area contributed by atoms with Gasteiger partial charge in [0.1, 0.15) is 0 Å². The fourth-order valence-electron chi connectivity index (χ4n) is 1.38. The molecule has 0 aliphatic carbocycles. The number of aliphatic hydroxyl groups is 1. The minimum atomic E-state index is -1.01. The van der Waals surface area contributed by atoms with Crippen LogP contribution in [0.3, 0.4) is 0 Å². The molecular formula is C7H13NO3. The predicted octanol–water partition coefficient (Wildman–Crippen LogP) is -0.424. The third kappa shape index (κ3) is 2.48. The largest absolute Gasteiger partial charge is 0.481 e. The molecule has 0 spiro atoms. The van der Waals surface area contributed by atoms with Crippen molar-refractivity contribution in [2.24, 2.45) is 0 Å². The molecule has 1 aliphatic heterocycles. The maximum atomic E-state index is 10.3. The summed E-state index contributed by atoms with van der Waals surface area (Å²) in [5, 5.41) is 21.0. The number of nitrogens with one attached hydrogen (secondary N) is 1. The molecule has 1 saturated heterocycles. The first kappa shape index (κ1) is 8.49. The SMILES string of the molecule is O=C(O)CC1(O)CCCNC1. The highest BCUT2D eigenvalue weighted by Crippen LogP contribution is 2.19. The second kappa shape index (κ2) is 3.19. The van der Waals surface area contributed by atoms with E-state index in [4.69, 9.17) is 5.11 Å². The summed E-state index contributed by atoms with van der Waals surface area (Å²) in [6.07, 6.45) is 1.29. The van der Waals surface area contributed by atoms with Crippen molar-refractivity contribution >= 4 is 5.97 Å². The van der Waals surface area contributed by atoms with Crippen molar-refractivity contribution in [3.05, 3.63) is 0 Å². The maximum Gasteiger partial charge on any atom is 0.306 e. The molecule has 1 aliphatic rings. The summed E-state index contributed by atoms with van der Waals surface area (Å²) in [6.45, 7) is 1.28. The monoisotopic (exact) mass is 159 g/mol. The van der Waals surface area contributed by atoms with Gasteiger partial charge in [-0.15, -0.1) is 0 Å². The van der Waals surface area contributed by atoms with Gasteiger partial charge in [-0.2, -0.15) is 0 Å². The van der Waals surface area contributed by atoms with Crippen molar-refractivity contribution < 1.29 is 15.0 Å². The zero-order chi connectivity index (χ0) is 8.32. The summed E-state index contributed by atoms with van der Waals surface area (Å²) in [5.41, 5.74) is -1.01. The van der Waals surface area contributed by atoms with Gasteiger partial charge in [0.15, 0.2) is 0 Å². The van der Waals surface area contributed by atoms with Crippen molar-refractivity contribution in [3.63, 3.8) is 0 Å². The smallest absolute Gasteiger partial charge is 0.306 e. The Morgan fingerprint density at radius 3 is 2.82 bits per heavy atom. The first-order valence-electron chi connectivity index (χ1n) is 3.77. The summed E-state index contributed by atoms with van der Waals surface area (Å²) in [6, 6.07) is 0. The molecule has 0 radical (unpaired) electrons. The van der Waals surface area contributed by atoms with Crippen molar-refractivity contribution in [1.29, 1.82) is 0 Å². The molecule has 4 nitrogen and oxygen atoms in total. The van der Waals surface area contributed by atoms with E-state index in [-0.39, 0.29) is 6.42 Å². The van der Waals surface area contributed by atoms with Gasteiger partial charge < -0.3 is 15.5 Å². The van der Waals surface area contributed by atoms with E-state index < -0.39 is 11.6 Å².